The maximum Gasteiger partial charge on any atom is 0.101 e. The number of hydrogen-bond donors (Lipinski definition) is 0. The fraction of sp³-hybridized carbons (Fsp3) is 0.966. The summed E-state index contributed by atoms with van der Waals surface area (Å²) >= 11 is 0. The van der Waals surface area contributed by atoms with Crippen LogP contribution >= 0.6 is 0 Å². The van der Waals surface area contributed by atoms with Crippen molar-refractivity contribution in [2.75, 3.05) is 13.1 Å². The highest BCUT2D eigenvalue weighted by Gasteiger charge is 2.25. The number of nitrogens with zero attached hydrogens (tertiary/aromatic N) is 2. The van der Waals surface area contributed by atoms with Gasteiger partial charge in [0.2, 0.25) is 0 Å². The second-order valence-corrected chi connectivity index (χ2v) is 20.3. The SMILES string of the molecule is CCCCCCCCCCCCCCCCCCCC1N(CCCCCCCCCCCCCCCCC)C=CN1CCCCCCCCCCCCCCCCCCC. The van der Waals surface area contributed by atoms with E-state index in [2.05, 4.69) is 43.0 Å². The van der Waals surface area contributed by atoms with Crippen LogP contribution in [-0.2, 0) is 0 Å². The molecule has 0 aromatic heterocycles. The molecule has 1 rings (SSSR count). The van der Waals surface area contributed by atoms with Crippen LogP contribution in [0.25, 0.3) is 0 Å². The van der Waals surface area contributed by atoms with Crippen molar-refractivity contribution in [3.05, 3.63) is 12.4 Å². The van der Waals surface area contributed by atoms with Gasteiger partial charge in [0.05, 0.1) is 0 Å². The van der Waals surface area contributed by atoms with Crippen LogP contribution in [-0.4, -0.2) is 29.1 Å². The summed E-state index contributed by atoms with van der Waals surface area (Å²) in [6.45, 7) is 9.50. The van der Waals surface area contributed by atoms with Crippen LogP contribution in [0.4, 0.5) is 0 Å². The van der Waals surface area contributed by atoms with E-state index in [0.717, 1.165) is 0 Å². The Morgan fingerprint density at radius 1 is 0.217 bits per heavy atom. The van der Waals surface area contributed by atoms with Gasteiger partial charge in [0.15, 0.2) is 0 Å². The molecule has 1 aliphatic rings. The lowest BCUT2D eigenvalue weighted by Gasteiger charge is -2.33. The highest BCUT2D eigenvalue weighted by atomic mass is 15.4. The molecular weight excluding hydrogens is 725 g/mol. The molecule has 0 N–H and O–H groups in total. The Labute approximate surface area is 381 Å². The summed E-state index contributed by atoms with van der Waals surface area (Å²) in [5, 5.41) is 0. The molecule has 60 heavy (non-hydrogen) atoms. The first-order valence-electron chi connectivity index (χ1n) is 29.0. The van der Waals surface area contributed by atoms with Crippen molar-refractivity contribution in [2.24, 2.45) is 0 Å². The van der Waals surface area contributed by atoms with Crippen LogP contribution in [0.1, 0.15) is 342 Å². The van der Waals surface area contributed by atoms with Gasteiger partial charge < -0.3 is 9.80 Å². The van der Waals surface area contributed by atoms with Gasteiger partial charge in [-0.2, -0.15) is 0 Å². The Morgan fingerprint density at radius 3 is 0.583 bits per heavy atom. The Balaban J connectivity index is 2.18. The zero-order valence-corrected chi connectivity index (χ0v) is 42.4. The quantitative estimate of drug-likeness (QED) is 0.0563. The van der Waals surface area contributed by atoms with E-state index >= 15 is 0 Å². The van der Waals surface area contributed by atoms with Crippen LogP contribution in [0.15, 0.2) is 12.4 Å². The summed E-state index contributed by atoms with van der Waals surface area (Å²) in [5.74, 6) is 0. The summed E-state index contributed by atoms with van der Waals surface area (Å²) in [5.41, 5.74) is 0. The number of rotatable bonds is 52. The molecule has 0 spiro atoms. The monoisotopic (exact) mass is 841 g/mol. The zero-order valence-electron chi connectivity index (χ0n) is 42.4. The molecule has 1 aliphatic heterocycles. The smallest absolute Gasteiger partial charge is 0.101 e. The second kappa shape index (κ2) is 49.4. The molecule has 0 saturated heterocycles. The fourth-order valence-electron chi connectivity index (χ4n) is 10.1. The second-order valence-electron chi connectivity index (χ2n) is 20.3. The van der Waals surface area contributed by atoms with Gasteiger partial charge in [-0.25, -0.2) is 0 Å². The van der Waals surface area contributed by atoms with Crippen LogP contribution < -0.4 is 0 Å². The summed E-state index contributed by atoms with van der Waals surface area (Å²) in [7, 11) is 0. The predicted octanol–water partition coefficient (Wildman–Crippen LogP) is 21.0. The van der Waals surface area contributed by atoms with Gasteiger partial charge in [-0.05, 0) is 25.7 Å². The van der Waals surface area contributed by atoms with Crippen molar-refractivity contribution in [3.63, 3.8) is 0 Å². The minimum Gasteiger partial charge on any atom is -0.356 e. The molecule has 0 aromatic carbocycles. The molecular formula is C58H116N2. The first-order chi connectivity index (χ1) is 29.8. The molecule has 1 atom stereocenters. The molecule has 2 nitrogen and oxygen atoms in total. The van der Waals surface area contributed by atoms with Gasteiger partial charge in [0.1, 0.15) is 6.17 Å². The average Bonchev–Trinajstić information content (AvgIpc) is 3.64. The van der Waals surface area contributed by atoms with Crippen molar-refractivity contribution in [1.29, 1.82) is 0 Å². The third kappa shape index (κ3) is 40.1. The molecule has 1 heterocycles. The van der Waals surface area contributed by atoms with Crippen LogP contribution in [0, 0.1) is 0 Å². The van der Waals surface area contributed by atoms with Gasteiger partial charge in [0, 0.05) is 25.5 Å². The minimum atomic E-state index is 0.633. The van der Waals surface area contributed by atoms with E-state index in [1.54, 1.807) is 0 Å². The Morgan fingerprint density at radius 2 is 0.383 bits per heavy atom. The standard InChI is InChI=1S/C58H116N2/c1-4-7-10-13-16-19-22-25-28-30-32-35-38-41-44-47-50-53-58-59(54-51-48-45-42-39-36-33-27-24-21-18-15-12-9-6-3)56-57-60(58)55-52-49-46-43-40-37-34-31-29-26-23-20-17-14-11-8-5-2/h56-58H,4-55H2,1-3H3. The number of hydrogen-bond acceptors (Lipinski definition) is 2. The van der Waals surface area contributed by atoms with Crippen molar-refractivity contribution in [1.82, 2.24) is 9.80 Å². The topological polar surface area (TPSA) is 6.48 Å². The Kier molecular flexibility index (Phi) is 47.2. The average molecular weight is 842 g/mol. The van der Waals surface area contributed by atoms with Gasteiger partial charge >= 0.3 is 0 Å². The van der Waals surface area contributed by atoms with Gasteiger partial charge in [-0.1, -0.05) is 316 Å². The predicted molar refractivity (Wildman–Crippen MR) is 274 cm³/mol. The Bertz CT molecular complexity index is 807. The summed E-state index contributed by atoms with van der Waals surface area (Å²) in [4.78, 5) is 5.51. The minimum absolute atomic E-state index is 0.633. The van der Waals surface area contributed by atoms with Gasteiger partial charge in [0.25, 0.3) is 0 Å². The molecule has 0 radical (unpaired) electrons. The normalized spacial score (nSPS) is 14.1. The maximum atomic E-state index is 2.75. The number of unbranched alkanes of at least 4 members (excludes halogenated alkanes) is 46. The fourth-order valence-corrected chi connectivity index (χ4v) is 10.1. The molecule has 358 valence electrons. The Hall–Kier alpha value is -0.660. The van der Waals surface area contributed by atoms with Crippen LogP contribution in [0.5, 0.6) is 0 Å². The van der Waals surface area contributed by atoms with Crippen molar-refractivity contribution >= 4 is 0 Å². The molecule has 2 heteroatoms. The molecule has 0 saturated carbocycles. The summed E-state index contributed by atoms with van der Waals surface area (Å²) < 4.78 is 0. The maximum absolute atomic E-state index is 2.75. The van der Waals surface area contributed by atoms with Crippen molar-refractivity contribution in [3.8, 4) is 0 Å². The van der Waals surface area contributed by atoms with E-state index < -0.39 is 0 Å². The van der Waals surface area contributed by atoms with Gasteiger partial charge in [-0.15, -0.1) is 0 Å². The first-order valence-corrected chi connectivity index (χ1v) is 29.0. The third-order valence-electron chi connectivity index (χ3n) is 14.3. The summed E-state index contributed by atoms with van der Waals surface area (Å²) in [6, 6.07) is 0. The molecule has 1 unspecified atom stereocenters. The highest BCUT2D eigenvalue weighted by molar-refractivity contribution is 4.97. The van der Waals surface area contributed by atoms with Crippen molar-refractivity contribution in [2.45, 2.75) is 348 Å². The largest absolute Gasteiger partial charge is 0.356 e. The lowest BCUT2D eigenvalue weighted by atomic mass is 10.0. The van der Waals surface area contributed by atoms with Crippen LogP contribution in [0.2, 0.25) is 0 Å². The van der Waals surface area contributed by atoms with E-state index in [1.807, 2.05) is 0 Å². The lowest BCUT2D eigenvalue weighted by Crippen LogP contribution is -2.39. The molecule has 0 fully saturated rings. The van der Waals surface area contributed by atoms with E-state index in [-0.39, 0.29) is 0 Å². The third-order valence-corrected chi connectivity index (χ3v) is 14.3. The van der Waals surface area contributed by atoms with Crippen molar-refractivity contribution < 1.29 is 0 Å². The lowest BCUT2D eigenvalue weighted by molar-refractivity contribution is 0.135. The van der Waals surface area contributed by atoms with Gasteiger partial charge in [-0.3, -0.25) is 0 Å². The van der Waals surface area contributed by atoms with E-state index in [1.165, 1.54) is 334 Å². The molecule has 0 bridgehead atoms. The molecule has 0 aliphatic carbocycles. The van der Waals surface area contributed by atoms with Crippen LogP contribution in [0.3, 0.4) is 0 Å². The first kappa shape index (κ1) is 57.4. The molecule has 0 amide bonds. The zero-order chi connectivity index (χ0) is 42.9. The van der Waals surface area contributed by atoms with E-state index in [4.69, 9.17) is 0 Å². The van der Waals surface area contributed by atoms with E-state index in [0.29, 0.717) is 6.17 Å². The van der Waals surface area contributed by atoms with E-state index in [9.17, 15) is 0 Å². The highest BCUT2D eigenvalue weighted by Crippen LogP contribution is 2.25. The molecule has 0 aromatic rings. The summed E-state index contributed by atoms with van der Waals surface area (Å²) in [6.07, 6.45) is 78.3.